The maximum absolute atomic E-state index is 12.2. The Hall–Kier alpha value is -2.59. The second kappa shape index (κ2) is 6.49. The van der Waals surface area contributed by atoms with E-state index < -0.39 is 5.63 Å². The van der Waals surface area contributed by atoms with E-state index in [0.717, 1.165) is 22.1 Å². The van der Waals surface area contributed by atoms with Crippen molar-refractivity contribution in [2.75, 3.05) is 0 Å². The van der Waals surface area contributed by atoms with E-state index >= 15 is 0 Å². The van der Waals surface area contributed by atoms with Gasteiger partial charge in [-0.1, -0.05) is 17.7 Å². The maximum Gasteiger partial charge on any atom is 0.336 e. The largest absolute Gasteiger partial charge is 0.422 e. The summed E-state index contributed by atoms with van der Waals surface area (Å²) >= 11 is 5.82. The number of halogens is 1. The van der Waals surface area contributed by atoms with Crippen molar-refractivity contribution in [2.24, 2.45) is 0 Å². The van der Waals surface area contributed by atoms with Gasteiger partial charge in [0.25, 0.3) is 5.91 Å². The van der Waals surface area contributed by atoms with Crippen LogP contribution in [0.15, 0.2) is 51.7 Å². The van der Waals surface area contributed by atoms with Gasteiger partial charge in [0, 0.05) is 28.6 Å². The molecule has 1 heterocycles. The zero-order valence-corrected chi connectivity index (χ0v) is 14.1. The van der Waals surface area contributed by atoms with Crippen LogP contribution < -0.4 is 10.9 Å². The Kier molecular flexibility index (Phi) is 4.40. The molecule has 3 rings (SSSR count). The highest BCUT2D eigenvalue weighted by molar-refractivity contribution is 6.30. The molecule has 0 saturated carbocycles. The van der Waals surface area contributed by atoms with E-state index in [4.69, 9.17) is 16.0 Å². The zero-order valence-electron chi connectivity index (χ0n) is 13.4. The lowest BCUT2D eigenvalue weighted by Crippen LogP contribution is -2.23. The molecule has 2 aromatic carbocycles. The molecule has 0 aliphatic rings. The summed E-state index contributed by atoms with van der Waals surface area (Å²) in [4.78, 5) is 24.0. The number of hydrogen-bond donors (Lipinski definition) is 1. The first kappa shape index (κ1) is 16.3. The normalized spacial score (nSPS) is 10.8. The van der Waals surface area contributed by atoms with E-state index in [1.807, 2.05) is 26.0 Å². The second-order valence-electron chi connectivity index (χ2n) is 5.74. The Morgan fingerprint density at radius 2 is 1.83 bits per heavy atom. The third-order valence-electron chi connectivity index (χ3n) is 3.81. The van der Waals surface area contributed by atoms with Crippen LogP contribution in [0.5, 0.6) is 0 Å². The van der Waals surface area contributed by atoms with E-state index in [2.05, 4.69) is 5.32 Å². The van der Waals surface area contributed by atoms with Crippen LogP contribution in [0.1, 0.15) is 27.0 Å². The van der Waals surface area contributed by atoms with Gasteiger partial charge < -0.3 is 9.73 Å². The van der Waals surface area contributed by atoms with Crippen LogP contribution >= 0.6 is 11.6 Å². The van der Waals surface area contributed by atoms with Crippen LogP contribution in [0.3, 0.4) is 0 Å². The van der Waals surface area contributed by atoms with Gasteiger partial charge in [-0.15, -0.1) is 0 Å². The molecule has 1 N–H and O–H groups in total. The standard InChI is InChI=1S/C19H16ClNO3/c1-11-7-12(2)18-16(8-11)14(9-17(22)24-18)10-21-19(23)13-3-5-15(20)6-4-13/h3-9H,10H2,1-2H3,(H,21,23). The summed E-state index contributed by atoms with van der Waals surface area (Å²) in [6, 6.07) is 12.0. The summed E-state index contributed by atoms with van der Waals surface area (Å²) in [5.74, 6) is -0.225. The fourth-order valence-corrected chi connectivity index (χ4v) is 2.83. The number of rotatable bonds is 3. The molecule has 0 spiro atoms. The first-order valence-electron chi connectivity index (χ1n) is 7.52. The lowest BCUT2D eigenvalue weighted by Gasteiger charge is -2.10. The summed E-state index contributed by atoms with van der Waals surface area (Å²) in [6.07, 6.45) is 0. The molecule has 1 amide bonds. The van der Waals surface area contributed by atoms with Crippen LogP contribution in [0.25, 0.3) is 11.0 Å². The van der Waals surface area contributed by atoms with Gasteiger partial charge in [-0.2, -0.15) is 0 Å². The Morgan fingerprint density at radius 1 is 1.12 bits per heavy atom. The fraction of sp³-hybridized carbons (Fsp3) is 0.158. The fourth-order valence-electron chi connectivity index (χ4n) is 2.70. The molecule has 3 aromatic rings. The van der Waals surface area contributed by atoms with Crippen molar-refractivity contribution in [2.45, 2.75) is 20.4 Å². The molecule has 0 atom stereocenters. The van der Waals surface area contributed by atoms with Crippen LogP contribution in [-0.2, 0) is 6.54 Å². The van der Waals surface area contributed by atoms with Gasteiger partial charge in [0.05, 0.1) is 0 Å². The molecule has 24 heavy (non-hydrogen) atoms. The third kappa shape index (κ3) is 3.34. The average molecular weight is 342 g/mol. The summed E-state index contributed by atoms with van der Waals surface area (Å²) in [5.41, 5.74) is 3.34. The minimum absolute atomic E-state index is 0.225. The molecule has 122 valence electrons. The number of aryl methyl sites for hydroxylation is 2. The van der Waals surface area contributed by atoms with E-state index in [0.29, 0.717) is 16.2 Å². The molecule has 5 heteroatoms. The summed E-state index contributed by atoms with van der Waals surface area (Å²) in [5, 5.41) is 4.24. The lowest BCUT2D eigenvalue weighted by molar-refractivity contribution is 0.0951. The first-order chi connectivity index (χ1) is 11.4. The van der Waals surface area contributed by atoms with Crippen LogP contribution in [0, 0.1) is 13.8 Å². The number of carbonyl (C=O) groups excluding carboxylic acids is 1. The van der Waals surface area contributed by atoms with Crippen molar-refractivity contribution in [1.82, 2.24) is 5.32 Å². The smallest absolute Gasteiger partial charge is 0.336 e. The predicted molar refractivity (Wildman–Crippen MR) is 94.6 cm³/mol. The second-order valence-corrected chi connectivity index (χ2v) is 6.18. The number of carbonyl (C=O) groups is 1. The number of hydrogen-bond acceptors (Lipinski definition) is 3. The van der Waals surface area contributed by atoms with E-state index in [-0.39, 0.29) is 12.5 Å². The van der Waals surface area contributed by atoms with Crippen LogP contribution in [0.2, 0.25) is 5.02 Å². The lowest BCUT2D eigenvalue weighted by atomic mass is 10.0. The highest BCUT2D eigenvalue weighted by atomic mass is 35.5. The van der Waals surface area contributed by atoms with Gasteiger partial charge in [0.1, 0.15) is 5.58 Å². The number of fused-ring (bicyclic) bond motifs is 1. The highest BCUT2D eigenvalue weighted by Gasteiger charge is 2.11. The molecule has 0 saturated heterocycles. The zero-order chi connectivity index (χ0) is 17.3. The molecular weight excluding hydrogens is 326 g/mol. The molecule has 0 fully saturated rings. The van der Waals surface area contributed by atoms with Crippen LogP contribution in [-0.4, -0.2) is 5.91 Å². The Balaban J connectivity index is 1.91. The highest BCUT2D eigenvalue weighted by Crippen LogP contribution is 2.22. The number of nitrogens with one attached hydrogen (secondary N) is 1. The minimum atomic E-state index is -0.426. The van der Waals surface area contributed by atoms with Gasteiger partial charge >= 0.3 is 5.63 Å². The third-order valence-corrected chi connectivity index (χ3v) is 4.06. The topological polar surface area (TPSA) is 59.3 Å². The summed E-state index contributed by atoms with van der Waals surface area (Å²) in [6.45, 7) is 4.12. The molecule has 4 nitrogen and oxygen atoms in total. The maximum atomic E-state index is 12.2. The quantitative estimate of drug-likeness (QED) is 0.733. The van der Waals surface area contributed by atoms with E-state index in [1.54, 1.807) is 24.3 Å². The monoisotopic (exact) mass is 341 g/mol. The van der Waals surface area contributed by atoms with Crippen molar-refractivity contribution in [3.05, 3.63) is 80.2 Å². The van der Waals surface area contributed by atoms with Crippen molar-refractivity contribution in [1.29, 1.82) is 0 Å². The van der Waals surface area contributed by atoms with Crippen molar-refractivity contribution >= 4 is 28.5 Å². The van der Waals surface area contributed by atoms with E-state index in [9.17, 15) is 9.59 Å². The SMILES string of the molecule is Cc1cc(C)c2oc(=O)cc(CNC(=O)c3ccc(Cl)cc3)c2c1. The molecule has 1 aromatic heterocycles. The summed E-state index contributed by atoms with van der Waals surface area (Å²) in [7, 11) is 0. The Morgan fingerprint density at radius 3 is 2.54 bits per heavy atom. The molecule has 0 aliphatic carbocycles. The average Bonchev–Trinajstić information content (AvgIpc) is 2.54. The molecule has 0 bridgehead atoms. The van der Waals surface area contributed by atoms with Crippen molar-refractivity contribution in [3.8, 4) is 0 Å². The van der Waals surface area contributed by atoms with E-state index in [1.165, 1.54) is 6.07 Å². The van der Waals surface area contributed by atoms with Crippen molar-refractivity contribution in [3.63, 3.8) is 0 Å². The van der Waals surface area contributed by atoms with Gasteiger partial charge in [0.15, 0.2) is 0 Å². The Labute approximate surface area is 144 Å². The molecular formula is C19H16ClNO3. The van der Waals surface area contributed by atoms with Gasteiger partial charge in [0.2, 0.25) is 0 Å². The van der Waals surface area contributed by atoms with Crippen LogP contribution in [0.4, 0.5) is 0 Å². The summed E-state index contributed by atoms with van der Waals surface area (Å²) < 4.78 is 5.31. The predicted octanol–water partition coefficient (Wildman–Crippen LogP) is 3.99. The number of benzene rings is 2. The number of amides is 1. The van der Waals surface area contributed by atoms with Gasteiger partial charge in [-0.25, -0.2) is 4.79 Å². The molecule has 0 aliphatic heterocycles. The molecule has 0 radical (unpaired) electrons. The Bertz CT molecular complexity index is 974. The molecule has 0 unspecified atom stereocenters. The van der Waals surface area contributed by atoms with Gasteiger partial charge in [-0.3, -0.25) is 4.79 Å². The minimum Gasteiger partial charge on any atom is -0.422 e. The van der Waals surface area contributed by atoms with Gasteiger partial charge in [-0.05, 0) is 60.9 Å². The van der Waals surface area contributed by atoms with Crippen molar-refractivity contribution < 1.29 is 9.21 Å². The first-order valence-corrected chi connectivity index (χ1v) is 7.89.